The minimum Gasteiger partial charge on any atom is -0.481 e. The van der Waals surface area contributed by atoms with Gasteiger partial charge in [0.2, 0.25) is 0 Å². The molecule has 0 spiro atoms. The lowest BCUT2D eigenvalue weighted by molar-refractivity contribution is 0.168. The van der Waals surface area contributed by atoms with Crippen molar-refractivity contribution in [3.63, 3.8) is 0 Å². The van der Waals surface area contributed by atoms with Crippen molar-refractivity contribution in [3.05, 3.63) is 29.8 Å². The fraction of sp³-hybridized carbons (Fsp3) is 0.333. The van der Waals surface area contributed by atoms with Gasteiger partial charge in [0.1, 0.15) is 12.4 Å². The standard InChI is InChI=1S/C12H14O2/c1-3-9-14-12-8-6-5-7-10(12)11(13)4-2/h1,5-8,11,13H,4,9H2,2H3/t11-/m1/s1. The van der Waals surface area contributed by atoms with Gasteiger partial charge < -0.3 is 9.84 Å². The molecule has 0 fully saturated rings. The molecule has 1 atom stereocenters. The van der Waals surface area contributed by atoms with Crippen LogP contribution in [0.3, 0.4) is 0 Å². The number of aliphatic hydroxyl groups excluding tert-OH is 1. The molecule has 1 rings (SSSR count). The van der Waals surface area contributed by atoms with Gasteiger partial charge in [0, 0.05) is 5.56 Å². The third-order valence-corrected chi connectivity index (χ3v) is 1.98. The highest BCUT2D eigenvalue weighted by molar-refractivity contribution is 5.35. The molecule has 0 radical (unpaired) electrons. The zero-order chi connectivity index (χ0) is 10.4. The van der Waals surface area contributed by atoms with Crippen LogP contribution in [0.25, 0.3) is 0 Å². The number of terminal acetylenes is 1. The van der Waals surface area contributed by atoms with Crippen molar-refractivity contribution in [2.45, 2.75) is 19.4 Å². The summed E-state index contributed by atoms with van der Waals surface area (Å²) in [6.45, 7) is 2.15. The second-order valence-electron chi connectivity index (χ2n) is 2.95. The summed E-state index contributed by atoms with van der Waals surface area (Å²) in [5.74, 6) is 3.06. The van der Waals surface area contributed by atoms with Crippen molar-refractivity contribution in [2.75, 3.05) is 6.61 Å². The van der Waals surface area contributed by atoms with Gasteiger partial charge in [-0.2, -0.15) is 0 Å². The minimum atomic E-state index is -0.482. The SMILES string of the molecule is C#CCOc1ccccc1[C@H](O)CC. The van der Waals surface area contributed by atoms with Gasteiger partial charge in [-0.15, -0.1) is 6.42 Å². The minimum absolute atomic E-state index is 0.230. The second kappa shape index (κ2) is 5.31. The lowest BCUT2D eigenvalue weighted by atomic mass is 10.1. The fourth-order valence-corrected chi connectivity index (χ4v) is 1.23. The molecule has 0 amide bonds. The van der Waals surface area contributed by atoms with Crippen molar-refractivity contribution in [3.8, 4) is 18.1 Å². The summed E-state index contributed by atoms with van der Waals surface area (Å²) in [6, 6.07) is 7.39. The van der Waals surface area contributed by atoms with E-state index in [1.165, 1.54) is 0 Å². The van der Waals surface area contributed by atoms with Crippen LogP contribution >= 0.6 is 0 Å². The molecule has 1 N–H and O–H groups in total. The van der Waals surface area contributed by atoms with Crippen LogP contribution in [0, 0.1) is 12.3 Å². The number of rotatable bonds is 4. The molecule has 74 valence electrons. The van der Waals surface area contributed by atoms with E-state index < -0.39 is 6.10 Å². The van der Waals surface area contributed by atoms with Crippen LogP contribution in [0.2, 0.25) is 0 Å². The summed E-state index contributed by atoms with van der Waals surface area (Å²) in [5, 5.41) is 9.68. The molecule has 0 aromatic heterocycles. The molecule has 0 saturated heterocycles. The van der Waals surface area contributed by atoms with Gasteiger partial charge >= 0.3 is 0 Å². The Morgan fingerprint density at radius 3 is 2.86 bits per heavy atom. The summed E-state index contributed by atoms with van der Waals surface area (Å²) in [4.78, 5) is 0. The number of hydrogen-bond acceptors (Lipinski definition) is 2. The smallest absolute Gasteiger partial charge is 0.148 e. The molecule has 14 heavy (non-hydrogen) atoms. The number of hydrogen-bond donors (Lipinski definition) is 1. The van der Waals surface area contributed by atoms with E-state index in [2.05, 4.69) is 5.92 Å². The Balaban J connectivity index is 2.86. The normalized spacial score (nSPS) is 11.8. The maximum Gasteiger partial charge on any atom is 0.148 e. The zero-order valence-corrected chi connectivity index (χ0v) is 8.23. The summed E-state index contributed by atoms with van der Waals surface area (Å²) in [5.41, 5.74) is 0.797. The highest BCUT2D eigenvalue weighted by atomic mass is 16.5. The molecule has 0 unspecified atom stereocenters. The van der Waals surface area contributed by atoms with Crippen LogP contribution in [0.5, 0.6) is 5.75 Å². The third-order valence-electron chi connectivity index (χ3n) is 1.98. The van der Waals surface area contributed by atoms with Gasteiger partial charge in [0.15, 0.2) is 0 Å². The first-order valence-corrected chi connectivity index (χ1v) is 4.62. The van der Waals surface area contributed by atoms with E-state index in [1.807, 2.05) is 31.2 Å². The molecule has 0 bridgehead atoms. The molecule has 0 saturated carbocycles. The Kier molecular flexibility index (Phi) is 4.03. The molecular weight excluding hydrogens is 176 g/mol. The molecule has 1 aromatic carbocycles. The van der Waals surface area contributed by atoms with Gasteiger partial charge in [-0.3, -0.25) is 0 Å². The topological polar surface area (TPSA) is 29.5 Å². The Morgan fingerprint density at radius 2 is 2.21 bits per heavy atom. The molecule has 0 aliphatic rings. The highest BCUT2D eigenvalue weighted by Crippen LogP contribution is 2.26. The van der Waals surface area contributed by atoms with Gasteiger partial charge in [0.05, 0.1) is 6.10 Å². The predicted octanol–water partition coefficient (Wildman–Crippen LogP) is 2.14. The predicted molar refractivity (Wildman–Crippen MR) is 56.0 cm³/mol. The van der Waals surface area contributed by atoms with Crippen LogP contribution in [-0.4, -0.2) is 11.7 Å². The first kappa shape index (κ1) is 10.6. The maximum atomic E-state index is 9.68. The number of para-hydroxylation sites is 1. The number of aliphatic hydroxyl groups is 1. The Labute approximate surface area is 84.5 Å². The van der Waals surface area contributed by atoms with Crippen molar-refractivity contribution < 1.29 is 9.84 Å². The van der Waals surface area contributed by atoms with Crippen LogP contribution in [0.4, 0.5) is 0 Å². The van der Waals surface area contributed by atoms with Crippen LogP contribution in [-0.2, 0) is 0 Å². The first-order chi connectivity index (χ1) is 6.79. The molecular formula is C12H14O2. The molecule has 0 aliphatic heterocycles. The molecule has 0 heterocycles. The largest absolute Gasteiger partial charge is 0.481 e. The van der Waals surface area contributed by atoms with Crippen molar-refractivity contribution in [1.82, 2.24) is 0 Å². The third kappa shape index (κ3) is 2.51. The average Bonchev–Trinajstić information content (AvgIpc) is 2.25. The van der Waals surface area contributed by atoms with Gasteiger partial charge in [-0.05, 0) is 12.5 Å². The maximum absolute atomic E-state index is 9.68. The summed E-state index contributed by atoms with van der Waals surface area (Å²) >= 11 is 0. The van der Waals surface area contributed by atoms with Crippen molar-refractivity contribution in [2.24, 2.45) is 0 Å². The lowest BCUT2D eigenvalue weighted by Crippen LogP contribution is -2.01. The van der Waals surface area contributed by atoms with Crippen molar-refractivity contribution >= 4 is 0 Å². The van der Waals surface area contributed by atoms with Gasteiger partial charge in [-0.1, -0.05) is 31.0 Å². The number of benzene rings is 1. The summed E-state index contributed by atoms with van der Waals surface area (Å²) in [7, 11) is 0. The average molecular weight is 190 g/mol. The quantitative estimate of drug-likeness (QED) is 0.737. The van der Waals surface area contributed by atoms with Crippen LogP contribution < -0.4 is 4.74 Å². The van der Waals surface area contributed by atoms with Gasteiger partial charge in [0.25, 0.3) is 0 Å². The molecule has 2 heteroatoms. The number of ether oxygens (including phenoxy) is 1. The summed E-state index contributed by atoms with van der Waals surface area (Å²) < 4.78 is 5.31. The Hall–Kier alpha value is -1.46. The van der Waals surface area contributed by atoms with Crippen LogP contribution in [0.15, 0.2) is 24.3 Å². The Bertz CT molecular complexity index is 325. The van der Waals surface area contributed by atoms with E-state index in [0.717, 1.165) is 5.56 Å². The van der Waals surface area contributed by atoms with E-state index in [9.17, 15) is 5.11 Å². The Morgan fingerprint density at radius 1 is 1.50 bits per heavy atom. The molecule has 1 aromatic rings. The van der Waals surface area contributed by atoms with E-state index in [4.69, 9.17) is 11.2 Å². The van der Waals surface area contributed by atoms with Crippen LogP contribution in [0.1, 0.15) is 25.0 Å². The van der Waals surface area contributed by atoms with E-state index in [1.54, 1.807) is 0 Å². The first-order valence-electron chi connectivity index (χ1n) is 4.62. The molecule has 0 aliphatic carbocycles. The fourth-order valence-electron chi connectivity index (χ4n) is 1.23. The molecule has 2 nitrogen and oxygen atoms in total. The lowest BCUT2D eigenvalue weighted by Gasteiger charge is -2.13. The zero-order valence-electron chi connectivity index (χ0n) is 8.23. The van der Waals surface area contributed by atoms with E-state index >= 15 is 0 Å². The van der Waals surface area contributed by atoms with E-state index in [0.29, 0.717) is 12.2 Å². The van der Waals surface area contributed by atoms with Crippen molar-refractivity contribution in [1.29, 1.82) is 0 Å². The van der Waals surface area contributed by atoms with E-state index in [-0.39, 0.29) is 6.61 Å². The van der Waals surface area contributed by atoms with Gasteiger partial charge in [-0.25, -0.2) is 0 Å². The highest BCUT2D eigenvalue weighted by Gasteiger charge is 2.10. The summed E-state index contributed by atoms with van der Waals surface area (Å²) in [6.07, 6.45) is 5.28. The second-order valence-corrected chi connectivity index (χ2v) is 2.95. The monoisotopic (exact) mass is 190 g/mol.